The standard InChI is InChI=1S/C19H18N4O3/c1-4-26-19(25)17-18(23-9-8-12(2)10-16(23)20-17)22-21-15-7-5-6-14(11-15)13(3)24/h5-11H,4H2,1-3H3. The molecular formula is C19H18N4O3. The van der Waals surface area contributed by atoms with Crippen molar-refractivity contribution in [1.82, 2.24) is 9.38 Å². The second-order valence-electron chi connectivity index (χ2n) is 5.74. The second kappa shape index (κ2) is 7.26. The molecule has 0 fully saturated rings. The Morgan fingerprint density at radius 2 is 2.00 bits per heavy atom. The average Bonchev–Trinajstić information content (AvgIpc) is 2.98. The van der Waals surface area contributed by atoms with Gasteiger partial charge in [0, 0.05) is 11.8 Å². The minimum absolute atomic E-state index is 0.0560. The number of aryl methyl sites for hydroxylation is 1. The molecule has 0 unspecified atom stereocenters. The Morgan fingerprint density at radius 3 is 2.73 bits per heavy atom. The van der Waals surface area contributed by atoms with Crippen LogP contribution in [0.4, 0.5) is 11.5 Å². The zero-order valence-electron chi connectivity index (χ0n) is 14.8. The van der Waals surface area contributed by atoms with E-state index in [4.69, 9.17) is 4.74 Å². The number of esters is 1. The molecule has 0 spiro atoms. The third-order valence-electron chi connectivity index (χ3n) is 3.74. The maximum absolute atomic E-state index is 12.2. The van der Waals surface area contributed by atoms with Crippen LogP contribution in [0.25, 0.3) is 5.65 Å². The molecule has 0 N–H and O–H groups in total. The Morgan fingerprint density at radius 1 is 1.19 bits per heavy atom. The second-order valence-corrected chi connectivity index (χ2v) is 5.74. The van der Waals surface area contributed by atoms with E-state index in [1.165, 1.54) is 6.92 Å². The number of aromatic nitrogens is 2. The van der Waals surface area contributed by atoms with Crippen molar-refractivity contribution >= 4 is 28.9 Å². The zero-order chi connectivity index (χ0) is 18.7. The zero-order valence-corrected chi connectivity index (χ0v) is 14.8. The van der Waals surface area contributed by atoms with Crippen molar-refractivity contribution in [2.24, 2.45) is 10.2 Å². The molecule has 1 aromatic carbocycles. The minimum Gasteiger partial charge on any atom is -0.461 e. The number of carbonyl (C=O) groups is 2. The van der Waals surface area contributed by atoms with Crippen LogP contribution in [0, 0.1) is 6.92 Å². The molecule has 0 saturated carbocycles. The number of azo groups is 1. The van der Waals surface area contributed by atoms with Gasteiger partial charge < -0.3 is 4.74 Å². The van der Waals surface area contributed by atoms with Gasteiger partial charge in [0.25, 0.3) is 0 Å². The van der Waals surface area contributed by atoms with E-state index in [-0.39, 0.29) is 23.9 Å². The van der Waals surface area contributed by atoms with Gasteiger partial charge in [-0.15, -0.1) is 10.2 Å². The van der Waals surface area contributed by atoms with E-state index in [1.54, 1.807) is 41.8 Å². The van der Waals surface area contributed by atoms with Crippen molar-refractivity contribution in [3.8, 4) is 0 Å². The van der Waals surface area contributed by atoms with Crippen LogP contribution in [0.2, 0.25) is 0 Å². The molecule has 0 aliphatic rings. The largest absolute Gasteiger partial charge is 0.461 e. The fourth-order valence-electron chi connectivity index (χ4n) is 2.46. The van der Waals surface area contributed by atoms with E-state index in [1.807, 2.05) is 19.1 Å². The lowest BCUT2D eigenvalue weighted by molar-refractivity contribution is 0.0521. The van der Waals surface area contributed by atoms with E-state index in [9.17, 15) is 9.59 Å². The molecule has 0 radical (unpaired) electrons. The average molecular weight is 350 g/mol. The molecule has 2 aromatic heterocycles. The van der Waals surface area contributed by atoms with Gasteiger partial charge in [0.1, 0.15) is 5.65 Å². The van der Waals surface area contributed by atoms with Crippen LogP contribution in [-0.4, -0.2) is 27.7 Å². The third-order valence-corrected chi connectivity index (χ3v) is 3.74. The lowest BCUT2D eigenvalue weighted by Crippen LogP contribution is -2.05. The van der Waals surface area contributed by atoms with Gasteiger partial charge in [-0.05, 0) is 50.6 Å². The molecule has 2 heterocycles. The van der Waals surface area contributed by atoms with Crippen molar-refractivity contribution in [1.29, 1.82) is 0 Å². The molecule has 0 atom stereocenters. The van der Waals surface area contributed by atoms with Gasteiger partial charge >= 0.3 is 5.97 Å². The first-order chi connectivity index (χ1) is 12.5. The number of ether oxygens (including phenoxy) is 1. The Bertz CT molecular complexity index is 1020. The number of nitrogens with zero attached hydrogens (tertiary/aromatic N) is 4. The van der Waals surface area contributed by atoms with Crippen molar-refractivity contribution < 1.29 is 14.3 Å². The van der Waals surface area contributed by atoms with E-state index in [2.05, 4.69) is 15.2 Å². The van der Waals surface area contributed by atoms with E-state index in [0.717, 1.165) is 5.56 Å². The van der Waals surface area contributed by atoms with Gasteiger partial charge in [-0.2, -0.15) is 0 Å². The molecule has 0 amide bonds. The molecule has 3 aromatic rings. The van der Waals surface area contributed by atoms with Crippen LogP contribution in [0.3, 0.4) is 0 Å². The topological polar surface area (TPSA) is 85.4 Å². The van der Waals surface area contributed by atoms with Gasteiger partial charge in [0.15, 0.2) is 17.3 Å². The lowest BCUT2D eigenvalue weighted by atomic mass is 10.1. The fourth-order valence-corrected chi connectivity index (χ4v) is 2.46. The first-order valence-electron chi connectivity index (χ1n) is 8.18. The molecule has 7 nitrogen and oxygen atoms in total. The summed E-state index contributed by atoms with van der Waals surface area (Å²) in [5.74, 6) is -0.327. The Kier molecular flexibility index (Phi) is 4.88. The van der Waals surface area contributed by atoms with Crippen LogP contribution < -0.4 is 0 Å². The maximum Gasteiger partial charge on any atom is 0.360 e. The summed E-state index contributed by atoms with van der Waals surface area (Å²) in [5.41, 5.74) is 2.74. The number of fused-ring (bicyclic) bond motifs is 1. The Labute approximate surface area is 150 Å². The first-order valence-corrected chi connectivity index (χ1v) is 8.18. The molecule has 3 rings (SSSR count). The normalized spacial score (nSPS) is 11.2. The van der Waals surface area contributed by atoms with E-state index in [0.29, 0.717) is 16.9 Å². The summed E-state index contributed by atoms with van der Waals surface area (Å²) < 4.78 is 6.75. The predicted molar refractivity (Wildman–Crippen MR) is 96.5 cm³/mol. The monoisotopic (exact) mass is 350 g/mol. The summed E-state index contributed by atoms with van der Waals surface area (Å²) in [6.45, 7) is 5.39. The molecule has 132 valence electrons. The van der Waals surface area contributed by atoms with Gasteiger partial charge in [-0.1, -0.05) is 12.1 Å². The molecule has 7 heteroatoms. The highest BCUT2D eigenvalue weighted by molar-refractivity contribution is 5.95. The molecule has 26 heavy (non-hydrogen) atoms. The number of Topliss-reactive ketones (excluding diaryl/α,β-unsaturated/α-hetero) is 1. The lowest BCUT2D eigenvalue weighted by Gasteiger charge is -2.00. The van der Waals surface area contributed by atoms with Crippen molar-refractivity contribution in [3.05, 3.63) is 59.4 Å². The summed E-state index contributed by atoms with van der Waals surface area (Å²) in [6.07, 6.45) is 1.78. The van der Waals surface area contributed by atoms with Crippen LogP contribution in [-0.2, 0) is 4.74 Å². The van der Waals surface area contributed by atoms with Crippen LogP contribution in [0.5, 0.6) is 0 Å². The Balaban J connectivity index is 2.08. The van der Waals surface area contributed by atoms with E-state index >= 15 is 0 Å². The first kappa shape index (κ1) is 17.5. The van der Waals surface area contributed by atoms with Gasteiger partial charge in [-0.25, -0.2) is 9.78 Å². The summed E-state index contributed by atoms with van der Waals surface area (Å²) in [5, 5.41) is 8.38. The predicted octanol–water partition coefficient (Wildman–Crippen LogP) is 4.44. The Hall–Kier alpha value is -3.35. The molecule has 0 aliphatic heterocycles. The molecular weight excluding hydrogens is 332 g/mol. The van der Waals surface area contributed by atoms with E-state index < -0.39 is 5.97 Å². The number of rotatable bonds is 5. The highest BCUT2D eigenvalue weighted by atomic mass is 16.5. The highest BCUT2D eigenvalue weighted by Crippen LogP contribution is 2.26. The molecule has 0 bridgehead atoms. The van der Waals surface area contributed by atoms with Crippen molar-refractivity contribution in [2.75, 3.05) is 6.61 Å². The molecule has 0 saturated heterocycles. The highest BCUT2D eigenvalue weighted by Gasteiger charge is 2.20. The number of pyridine rings is 1. The summed E-state index contributed by atoms with van der Waals surface area (Å²) >= 11 is 0. The van der Waals surface area contributed by atoms with Crippen molar-refractivity contribution in [3.63, 3.8) is 0 Å². The fraction of sp³-hybridized carbons (Fsp3) is 0.211. The number of hydrogen-bond donors (Lipinski definition) is 0. The summed E-state index contributed by atoms with van der Waals surface area (Å²) in [6, 6.07) is 10.5. The summed E-state index contributed by atoms with van der Waals surface area (Å²) in [7, 11) is 0. The van der Waals surface area contributed by atoms with Gasteiger partial charge in [0.2, 0.25) is 0 Å². The summed E-state index contributed by atoms with van der Waals surface area (Å²) in [4.78, 5) is 28.1. The number of benzene rings is 1. The number of ketones is 1. The SMILES string of the molecule is CCOC(=O)c1nc2cc(C)ccn2c1N=Nc1cccc(C(C)=O)c1. The van der Waals surface area contributed by atoms with Crippen LogP contribution in [0.1, 0.15) is 40.3 Å². The third kappa shape index (κ3) is 3.51. The number of imidazole rings is 1. The van der Waals surface area contributed by atoms with Crippen LogP contribution >= 0.6 is 0 Å². The number of carbonyl (C=O) groups excluding carboxylic acids is 2. The smallest absolute Gasteiger partial charge is 0.360 e. The van der Waals surface area contributed by atoms with Gasteiger partial charge in [-0.3, -0.25) is 9.20 Å². The van der Waals surface area contributed by atoms with Gasteiger partial charge in [0.05, 0.1) is 12.3 Å². The maximum atomic E-state index is 12.2. The van der Waals surface area contributed by atoms with Crippen molar-refractivity contribution in [2.45, 2.75) is 20.8 Å². The molecule has 0 aliphatic carbocycles. The quantitative estimate of drug-likeness (QED) is 0.387. The minimum atomic E-state index is -0.555. The van der Waals surface area contributed by atoms with Crippen LogP contribution in [0.15, 0.2) is 52.8 Å². The number of hydrogen-bond acceptors (Lipinski definition) is 6.